The summed E-state index contributed by atoms with van der Waals surface area (Å²) < 4.78 is 5.03. The van der Waals surface area contributed by atoms with Gasteiger partial charge in [0.2, 0.25) is 0 Å². The lowest BCUT2D eigenvalue weighted by atomic mass is 10.4. The number of hydrogen-bond donors (Lipinski definition) is 2. The molecule has 3 nitrogen and oxygen atoms in total. The highest BCUT2D eigenvalue weighted by molar-refractivity contribution is 7.99. The van der Waals surface area contributed by atoms with Crippen LogP contribution in [0.25, 0.3) is 0 Å². The molecule has 0 aliphatic rings. The van der Waals surface area contributed by atoms with Crippen LogP contribution in [0.3, 0.4) is 0 Å². The maximum Gasteiger partial charge on any atom is 0.0637 e. The zero-order chi connectivity index (χ0) is 11.1. The second-order valence-electron chi connectivity index (χ2n) is 3.09. The van der Waals surface area contributed by atoms with Gasteiger partial charge in [0, 0.05) is 22.8 Å². The van der Waals surface area contributed by atoms with E-state index in [1.807, 2.05) is 24.3 Å². The molecule has 1 rings (SSSR count). The molecule has 15 heavy (non-hydrogen) atoms. The van der Waals surface area contributed by atoms with Crippen LogP contribution in [0.15, 0.2) is 29.2 Å². The maximum absolute atomic E-state index is 5.88. The van der Waals surface area contributed by atoms with Crippen molar-refractivity contribution in [2.45, 2.75) is 10.9 Å². The summed E-state index contributed by atoms with van der Waals surface area (Å²) in [7, 11) is 1.66. The highest BCUT2D eigenvalue weighted by Gasteiger charge is 2.06. The zero-order valence-electron chi connectivity index (χ0n) is 8.57. The molecule has 3 N–H and O–H groups in total. The van der Waals surface area contributed by atoms with Gasteiger partial charge in [-0.2, -0.15) is 0 Å². The largest absolute Gasteiger partial charge is 0.383 e. The second kappa shape index (κ2) is 7.09. The van der Waals surface area contributed by atoms with E-state index in [1.165, 1.54) is 0 Å². The molecule has 5 heteroatoms. The van der Waals surface area contributed by atoms with E-state index in [9.17, 15) is 0 Å². The van der Waals surface area contributed by atoms with Gasteiger partial charge < -0.3 is 4.74 Å². The van der Waals surface area contributed by atoms with Crippen LogP contribution in [0.4, 0.5) is 0 Å². The molecule has 1 atom stereocenters. The van der Waals surface area contributed by atoms with E-state index >= 15 is 0 Å². The highest BCUT2D eigenvalue weighted by atomic mass is 35.5. The number of methoxy groups -OCH3 is 1. The maximum atomic E-state index is 5.88. The van der Waals surface area contributed by atoms with E-state index in [-0.39, 0.29) is 6.04 Å². The van der Waals surface area contributed by atoms with Crippen molar-refractivity contribution in [2.75, 3.05) is 19.5 Å². The summed E-state index contributed by atoms with van der Waals surface area (Å²) in [6, 6.07) is 7.91. The van der Waals surface area contributed by atoms with Crippen LogP contribution in [0, 0.1) is 0 Å². The third kappa shape index (κ3) is 4.86. The fourth-order valence-corrected chi connectivity index (χ4v) is 2.33. The molecule has 0 radical (unpaired) electrons. The number of hydrogen-bond acceptors (Lipinski definition) is 4. The summed E-state index contributed by atoms with van der Waals surface area (Å²) in [5.74, 6) is 6.24. The van der Waals surface area contributed by atoms with Gasteiger partial charge >= 0.3 is 0 Å². The van der Waals surface area contributed by atoms with Crippen LogP contribution in [0.2, 0.25) is 5.02 Å². The lowest BCUT2D eigenvalue weighted by Gasteiger charge is -2.13. The van der Waals surface area contributed by atoms with Crippen LogP contribution < -0.4 is 11.3 Å². The molecule has 0 aromatic heterocycles. The van der Waals surface area contributed by atoms with Gasteiger partial charge in [-0.3, -0.25) is 11.3 Å². The van der Waals surface area contributed by atoms with Gasteiger partial charge in [-0.25, -0.2) is 0 Å². The molecule has 0 fully saturated rings. The Balaban J connectivity index is 2.41. The van der Waals surface area contributed by atoms with Crippen LogP contribution in [-0.4, -0.2) is 25.5 Å². The minimum absolute atomic E-state index is 0.152. The van der Waals surface area contributed by atoms with Gasteiger partial charge in [-0.15, -0.1) is 11.8 Å². The smallest absolute Gasteiger partial charge is 0.0637 e. The van der Waals surface area contributed by atoms with E-state index in [0.717, 1.165) is 15.7 Å². The predicted octanol–water partition coefficient (Wildman–Crippen LogP) is 1.91. The van der Waals surface area contributed by atoms with Gasteiger partial charge in [0.15, 0.2) is 0 Å². The Bertz CT molecular complexity index is 299. The van der Waals surface area contributed by atoms with Crippen molar-refractivity contribution in [3.63, 3.8) is 0 Å². The molecule has 0 aliphatic carbocycles. The minimum Gasteiger partial charge on any atom is -0.383 e. The van der Waals surface area contributed by atoms with E-state index in [1.54, 1.807) is 18.9 Å². The Labute approximate surface area is 99.3 Å². The van der Waals surface area contributed by atoms with Crippen molar-refractivity contribution in [2.24, 2.45) is 5.84 Å². The van der Waals surface area contributed by atoms with Gasteiger partial charge in [-0.1, -0.05) is 17.7 Å². The van der Waals surface area contributed by atoms with Crippen molar-refractivity contribution in [1.82, 2.24) is 5.43 Å². The number of rotatable bonds is 6. The van der Waals surface area contributed by atoms with E-state index < -0.39 is 0 Å². The fourth-order valence-electron chi connectivity index (χ4n) is 1.10. The topological polar surface area (TPSA) is 47.3 Å². The number of benzene rings is 1. The normalized spacial score (nSPS) is 12.7. The Kier molecular flexibility index (Phi) is 6.05. The Morgan fingerprint density at radius 3 is 3.00 bits per heavy atom. The van der Waals surface area contributed by atoms with Gasteiger partial charge in [-0.05, 0) is 18.2 Å². The SMILES string of the molecule is COCC(CSc1cccc(Cl)c1)NN. The number of hydrazine groups is 1. The first-order valence-corrected chi connectivity index (χ1v) is 5.96. The number of ether oxygens (including phenoxy) is 1. The van der Waals surface area contributed by atoms with Crippen molar-refractivity contribution >= 4 is 23.4 Å². The molecule has 0 aliphatic heterocycles. The van der Waals surface area contributed by atoms with Gasteiger partial charge in [0.1, 0.15) is 0 Å². The molecule has 0 saturated carbocycles. The van der Waals surface area contributed by atoms with E-state index in [0.29, 0.717) is 6.61 Å². The lowest BCUT2D eigenvalue weighted by Crippen LogP contribution is -2.40. The summed E-state index contributed by atoms with van der Waals surface area (Å²) in [5.41, 5.74) is 2.71. The number of nitrogens with one attached hydrogen (secondary N) is 1. The zero-order valence-corrected chi connectivity index (χ0v) is 10.1. The lowest BCUT2D eigenvalue weighted by molar-refractivity contribution is 0.174. The highest BCUT2D eigenvalue weighted by Crippen LogP contribution is 2.22. The third-order valence-electron chi connectivity index (χ3n) is 1.85. The monoisotopic (exact) mass is 246 g/mol. The van der Waals surface area contributed by atoms with E-state index in [4.69, 9.17) is 22.2 Å². The first kappa shape index (κ1) is 12.8. The molecular weight excluding hydrogens is 232 g/mol. The molecule has 1 aromatic carbocycles. The fraction of sp³-hybridized carbons (Fsp3) is 0.400. The Morgan fingerprint density at radius 1 is 1.60 bits per heavy atom. The molecule has 84 valence electrons. The van der Waals surface area contributed by atoms with Crippen molar-refractivity contribution in [1.29, 1.82) is 0 Å². The minimum atomic E-state index is 0.152. The van der Waals surface area contributed by atoms with Crippen LogP contribution in [-0.2, 0) is 4.74 Å². The summed E-state index contributed by atoms with van der Waals surface area (Å²) in [6.07, 6.45) is 0. The first-order valence-electron chi connectivity index (χ1n) is 4.59. The number of nitrogens with two attached hydrogens (primary N) is 1. The summed E-state index contributed by atoms with van der Waals surface area (Å²) in [4.78, 5) is 1.14. The molecule has 0 saturated heterocycles. The molecule has 0 amide bonds. The first-order chi connectivity index (χ1) is 7.26. The Morgan fingerprint density at radius 2 is 2.40 bits per heavy atom. The average Bonchev–Trinajstić information content (AvgIpc) is 2.24. The van der Waals surface area contributed by atoms with Crippen LogP contribution >= 0.6 is 23.4 Å². The van der Waals surface area contributed by atoms with Crippen LogP contribution in [0.5, 0.6) is 0 Å². The predicted molar refractivity (Wildman–Crippen MR) is 65.2 cm³/mol. The van der Waals surface area contributed by atoms with E-state index in [2.05, 4.69) is 5.43 Å². The Hall–Kier alpha value is -0.260. The van der Waals surface area contributed by atoms with Crippen molar-refractivity contribution in [3.05, 3.63) is 29.3 Å². The average molecular weight is 247 g/mol. The standard InChI is InChI=1S/C10H15ClN2OS/c1-14-6-9(13-12)7-15-10-4-2-3-8(11)5-10/h2-5,9,13H,6-7,12H2,1H3. The summed E-state index contributed by atoms with van der Waals surface area (Å²) in [6.45, 7) is 0.601. The molecule has 0 bridgehead atoms. The molecule has 1 unspecified atom stereocenters. The summed E-state index contributed by atoms with van der Waals surface area (Å²) in [5, 5.41) is 0.754. The van der Waals surface area contributed by atoms with Crippen molar-refractivity contribution < 1.29 is 4.74 Å². The van der Waals surface area contributed by atoms with Gasteiger partial charge in [0.25, 0.3) is 0 Å². The van der Waals surface area contributed by atoms with Crippen LogP contribution in [0.1, 0.15) is 0 Å². The molecular formula is C10H15ClN2OS. The molecule has 1 aromatic rings. The number of halogens is 1. The quantitative estimate of drug-likeness (QED) is 0.457. The third-order valence-corrected chi connectivity index (χ3v) is 3.24. The second-order valence-corrected chi connectivity index (χ2v) is 4.62. The summed E-state index contributed by atoms with van der Waals surface area (Å²) >= 11 is 7.58. The molecule has 0 heterocycles. The van der Waals surface area contributed by atoms with Crippen molar-refractivity contribution in [3.8, 4) is 0 Å². The molecule has 0 spiro atoms. The van der Waals surface area contributed by atoms with Gasteiger partial charge in [0.05, 0.1) is 12.6 Å². The number of thioether (sulfide) groups is 1.